The second-order valence-electron chi connectivity index (χ2n) is 7.10. The summed E-state index contributed by atoms with van der Waals surface area (Å²) in [5.41, 5.74) is 0.652. The highest BCUT2D eigenvalue weighted by Crippen LogP contribution is 2.27. The lowest BCUT2D eigenvalue weighted by molar-refractivity contribution is 0.102. The fraction of sp³-hybridized carbons (Fsp3) is 0.227. The van der Waals surface area contributed by atoms with Crippen molar-refractivity contribution in [3.8, 4) is 5.75 Å². The number of carbonyl (C=O) groups is 1. The third-order valence-electron chi connectivity index (χ3n) is 5.14. The lowest BCUT2D eigenvalue weighted by Crippen LogP contribution is -2.47. The van der Waals surface area contributed by atoms with Crippen LogP contribution in [0.5, 0.6) is 5.75 Å². The van der Waals surface area contributed by atoms with E-state index in [4.69, 9.17) is 0 Å². The summed E-state index contributed by atoms with van der Waals surface area (Å²) in [5.74, 6) is -5.63. The summed E-state index contributed by atoms with van der Waals surface area (Å²) >= 11 is 0. The van der Waals surface area contributed by atoms with Gasteiger partial charge in [-0.1, -0.05) is 18.2 Å². The van der Waals surface area contributed by atoms with E-state index in [1.807, 2.05) is 23.1 Å². The van der Waals surface area contributed by atoms with Gasteiger partial charge in [-0.3, -0.25) is 4.79 Å². The zero-order valence-electron chi connectivity index (χ0n) is 17.2. The number of methoxy groups -OCH3 is 1. The number of benzene rings is 2. The largest absolute Gasteiger partial charge is 0.491 e. The average molecular weight is 443 g/mol. The quantitative estimate of drug-likeness (QED) is 0.609. The second-order valence-corrected chi connectivity index (χ2v) is 7.10. The maximum atomic E-state index is 14.3. The first-order chi connectivity index (χ1) is 15.5. The van der Waals surface area contributed by atoms with Gasteiger partial charge >= 0.3 is 0 Å². The molecule has 0 atom stereocenters. The Bertz CT molecular complexity index is 1100. The Kier molecular flexibility index (Phi) is 6.11. The number of hydrogen-bond donors (Lipinski definition) is 1. The zero-order chi connectivity index (χ0) is 22.7. The topological polar surface area (TPSA) is 70.6 Å². The Labute approximate surface area is 182 Å². The number of amides is 1. The molecule has 1 aliphatic heterocycles. The van der Waals surface area contributed by atoms with E-state index < -0.39 is 34.7 Å². The minimum atomic E-state index is -1.50. The Morgan fingerprint density at radius 2 is 1.59 bits per heavy atom. The van der Waals surface area contributed by atoms with Crippen molar-refractivity contribution >= 4 is 23.2 Å². The van der Waals surface area contributed by atoms with Crippen molar-refractivity contribution in [1.82, 2.24) is 9.97 Å². The molecular formula is C22H20F3N5O2. The molecular weight excluding hydrogens is 423 g/mol. The number of halogens is 3. The molecule has 1 N–H and O–H groups in total. The van der Waals surface area contributed by atoms with E-state index in [1.165, 1.54) is 12.4 Å². The van der Waals surface area contributed by atoms with E-state index in [0.29, 0.717) is 12.0 Å². The van der Waals surface area contributed by atoms with E-state index in [9.17, 15) is 18.0 Å². The number of anilines is 3. The number of nitrogens with zero attached hydrogens (tertiary/aromatic N) is 4. The molecule has 3 aromatic rings. The predicted octanol–water partition coefficient (Wildman–Crippen LogP) is 3.48. The molecule has 0 bridgehead atoms. The van der Waals surface area contributed by atoms with Crippen molar-refractivity contribution in [2.24, 2.45) is 0 Å². The van der Waals surface area contributed by atoms with Crippen LogP contribution in [0.3, 0.4) is 0 Å². The van der Waals surface area contributed by atoms with Crippen LogP contribution in [0.25, 0.3) is 0 Å². The number of aromatic nitrogens is 2. The van der Waals surface area contributed by atoms with Crippen LogP contribution < -0.4 is 19.9 Å². The first kappa shape index (κ1) is 21.4. The molecule has 0 aliphatic carbocycles. The third-order valence-corrected chi connectivity index (χ3v) is 5.14. The van der Waals surface area contributed by atoms with Gasteiger partial charge in [0.15, 0.2) is 17.4 Å². The van der Waals surface area contributed by atoms with E-state index in [-0.39, 0.29) is 5.69 Å². The number of piperazine rings is 1. The lowest BCUT2D eigenvalue weighted by atomic mass is 10.1. The van der Waals surface area contributed by atoms with Crippen LogP contribution >= 0.6 is 0 Å². The van der Waals surface area contributed by atoms with Gasteiger partial charge in [0.2, 0.25) is 11.8 Å². The van der Waals surface area contributed by atoms with Crippen molar-refractivity contribution < 1.29 is 22.7 Å². The van der Waals surface area contributed by atoms with Crippen LogP contribution in [-0.4, -0.2) is 49.2 Å². The average Bonchev–Trinajstić information content (AvgIpc) is 2.83. The second kappa shape index (κ2) is 9.13. The molecule has 166 valence electrons. The molecule has 2 aromatic carbocycles. The molecule has 0 unspecified atom stereocenters. The van der Waals surface area contributed by atoms with Crippen molar-refractivity contribution in [3.05, 3.63) is 71.8 Å². The maximum absolute atomic E-state index is 14.3. The van der Waals surface area contributed by atoms with Gasteiger partial charge in [-0.25, -0.2) is 18.7 Å². The Hall–Kier alpha value is -3.82. The van der Waals surface area contributed by atoms with Crippen LogP contribution in [0.2, 0.25) is 0 Å². The summed E-state index contributed by atoms with van der Waals surface area (Å²) in [6.07, 6.45) is 2.75. The number of ether oxygens (including phenoxy) is 1. The standard InChI is InChI=1S/C22H20F3N5O2/c1-32-20-18(24)16(11-17(23)19(20)25)21(31)28-14-12-26-22(27-13-14)30-9-7-29(8-10-30)15-5-3-2-4-6-15/h2-6,11-13H,7-10H2,1H3,(H,28,31). The predicted molar refractivity (Wildman–Crippen MR) is 114 cm³/mol. The fourth-order valence-electron chi connectivity index (χ4n) is 3.48. The monoisotopic (exact) mass is 443 g/mol. The number of carbonyl (C=O) groups excluding carboxylic acids is 1. The molecule has 1 aromatic heterocycles. The highest BCUT2D eigenvalue weighted by molar-refractivity contribution is 6.04. The Morgan fingerprint density at radius 3 is 2.22 bits per heavy atom. The van der Waals surface area contributed by atoms with Crippen molar-refractivity contribution in [3.63, 3.8) is 0 Å². The lowest BCUT2D eigenvalue weighted by Gasteiger charge is -2.36. The zero-order valence-corrected chi connectivity index (χ0v) is 17.2. The number of hydrogen-bond acceptors (Lipinski definition) is 6. The van der Waals surface area contributed by atoms with E-state index in [1.54, 1.807) is 0 Å². The van der Waals surface area contributed by atoms with Gasteiger partial charge in [-0.15, -0.1) is 0 Å². The van der Waals surface area contributed by atoms with Gasteiger partial charge in [0.05, 0.1) is 30.8 Å². The minimum Gasteiger partial charge on any atom is -0.491 e. The van der Waals surface area contributed by atoms with Gasteiger partial charge in [-0.05, 0) is 18.2 Å². The summed E-state index contributed by atoms with van der Waals surface area (Å²) < 4.78 is 46.0. The van der Waals surface area contributed by atoms with Gasteiger partial charge in [0, 0.05) is 31.9 Å². The van der Waals surface area contributed by atoms with Crippen molar-refractivity contribution in [2.75, 3.05) is 48.4 Å². The third kappa shape index (κ3) is 4.29. The fourth-order valence-corrected chi connectivity index (χ4v) is 3.48. The van der Waals surface area contributed by atoms with Crippen LogP contribution in [0.1, 0.15) is 10.4 Å². The summed E-state index contributed by atoms with van der Waals surface area (Å²) in [5, 5.41) is 2.38. The molecule has 0 spiro atoms. The molecule has 4 rings (SSSR count). The van der Waals surface area contributed by atoms with Crippen LogP contribution in [0, 0.1) is 17.5 Å². The summed E-state index contributed by atoms with van der Waals surface area (Å²) in [7, 11) is 0.981. The summed E-state index contributed by atoms with van der Waals surface area (Å²) in [6, 6.07) is 10.6. The molecule has 1 amide bonds. The van der Waals surface area contributed by atoms with Gasteiger partial charge in [0.1, 0.15) is 0 Å². The smallest absolute Gasteiger partial charge is 0.258 e. The Balaban J connectivity index is 1.41. The van der Waals surface area contributed by atoms with Crippen LogP contribution in [0.4, 0.5) is 30.5 Å². The maximum Gasteiger partial charge on any atom is 0.258 e. The van der Waals surface area contributed by atoms with E-state index in [0.717, 1.165) is 39.0 Å². The molecule has 1 saturated heterocycles. The Morgan fingerprint density at radius 1 is 0.969 bits per heavy atom. The normalized spacial score (nSPS) is 13.8. The molecule has 32 heavy (non-hydrogen) atoms. The first-order valence-electron chi connectivity index (χ1n) is 9.87. The molecule has 1 fully saturated rings. The summed E-state index contributed by atoms with van der Waals surface area (Å²) in [4.78, 5) is 25.2. The van der Waals surface area contributed by atoms with Gasteiger partial charge < -0.3 is 19.9 Å². The number of rotatable bonds is 5. The number of para-hydroxylation sites is 1. The van der Waals surface area contributed by atoms with Gasteiger partial charge in [0.25, 0.3) is 5.91 Å². The highest BCUT2D eigenvalue weighted by Gasteiger charge is 2.24. The SMILES string of the molecule is COc1c(F)c(F)cc(C(=O)Nc2cnc(N3CCN(c4ccccc4)CC3)nc2)c1F. The van der Waals surface area contributed by atoms with Crippen molar-refractivity contribution in [2.45, 2.75) is 0 Å². The van der Waals surface area contributed by atoms with Crippen LogP contribution in [0.15, 0.2) is 48.8 Å². The highest BCUT2D eigenvalue weighted by atomic mass is 19.2. The minimum absolute atomic E-state index is 0.185. The molecule has 0 saturated carbocycles. The molecule has 1 aliphatic rings. The summed E-state index contributed by atoms with van der Waals surface area (Å²) in [6.45, 7) is 3.06. The number of nitrogens with one attached hydrogen (secondary N) is 1. The van der Waals surface area contributed by atoms with Crippen LogP contribution in [-0.2, 0) is 0 Å². The first-order valence-corrected chi connectivity index (χ1v) is 9.87. The van der Waals surface area contributed by atoms with E-state index in [2.05, 4.69) is 37.1 Å². The van der Waals surface area contributed by atoms with Gasteiger partial charge in [-0.2, -0.15) is 4.39 Å². The molecule has 0 radical (unpaired) electrons. The van der Waals surface area contributed by atoms with Crippen molar-refractivity contribution in [1.29, 1.82) is 0 Å². The molecule has 7 nitrogen and oxygen atoms in total. The van der Waals surface area contributed by atoms with E-state index >= 15 is 0 Å². The molecule has 10 heteroatoms. The molecule has 2 heterocycles.